The number of aromatic amines is 1. The quantitative estimate of drug-likeness (QED) is 0.240. The van der Waals surface area contributed by atoms with Crippen LogP contribution in [0, 0.1) is 0 Å². The van der Waals surface area contributed by atoms with Gasteiger partial charge in [-0.1, -0.05) is 34.1 Å². The lowest BCUT2D eigenvalue weighted by atomic mass is 10.1. The Labute approximate surface area is 180 Å². The van der Waals surface area contributed by atoms with Gasteiger partial charge in [-0.25, -0.2) is 4.79 Å². The van der Waals surface area contributed by atoms with E-state index in [1.807, 2.05) is 30.5 Å². The van der Waals surface area contributed by atoms with E-state index in [0.717, 1.165) is 20.9 Å². The van der Waals surface area contributed by atoms with Crippen molar-refractivity contribution in [1.82, 2.24) is 4.98 Å². The number of benzene rings is 3. The third-order valence-corrected chi connectivity index (χ3v) is 5.37. The van der Waals surface area contributed by atoms with Crippen molar-refractivity contribution >= 4 is 44.7 Å². The molecular formula is C24H14BrNO4. The van der Waals surface area contributed by atoms with Gasteiger partial charge in [-0.15, -0.1) is 0 Å². The van der Waals surface area contributed by atoms with Crippen LogP contribution in [0.2, 0.25) is 0 Å². The normalized spacial score (nSPS) is 14.0. The highest BCUT2D eigenvalue weighted by Crippen LogP contribution is 2.35. The van der Waals surface area contributed by atoms with Crippen molar-refractivity contribution in [1.29, 1.82) is 0 Å². The van der Waals surface area contributed by atoms with Gasteiger partial charge in [0.05, 0.1) is 11.1 Å². The average molecular weight is 460 g/mol. The molecule has 1 aliphatic heterocycles. The van der Waals surface area contributed by atoms with Crippen LogP contribution in [0.1, 0.15) is 26.3 Å². The highest BCUT2D eigenvalue weighted by molar-refractivity contribution is 9.10. The molecule has 5 rings (SSSR count). The maximum absolute atomic E-state index is 12.7. The number of ketones is 1. The van der Waals surface area contributed by atoms with Gasteiger partial charge in [-0.3, -0.25) is 4.79 Å². The molecule has 1 aliphatic rings. The molecule has 0 radical (unpaired) electrons. The van der Waals surface area contributed by atoms with Crippen LogP contribution >= 0.6 is 15.9 Å². The van der Waals surface area contributed by atoms with Crippen LogP contribution in [0.15, 0.2) is 83.2 Å². The topological polar surface area (TPSA) is 68.4 Å². The smallest absolute Gasteiger partial charge is 0.343 e. The van der Waals surface area contributed by atoms with Crippen LogP contribution in [-0.2, 0) is 0 Å². The van der Waals surface area contributed by atoms with E-state index < -0.39 is 5.97 Å². The summed E-state index contributed by atoms with van der Waals surface area (Å²) in [5.74, 6) is 0.212. The number of hydrogen-bond acceptors (Lipinski definition) is 4. The molecule has 2 heterocycles. The van der Waals surface area contributed by atoms with Crippen molar-refractivity contribution in [2.24, 2.45) is 0 Å². The molecule has 0 spiro atoms. The summed E-state index contributed by atoms with van der Waals surface area (Å²) in [6.45, 7) is 0. The van der Waals surface area contributed by atoms with E-state index in [9.17, 15) is 9.59 Å². The summed E-state index contributed by atoms with van der Waals surface area (Å²) in [6, 6.07) is 19.5. The fourth-order valence-electron chi connectivity index (χ4n) is 3.34. The van der Waals surface area contributed by atoms with E-state index in [1.165, 1.54) is 0 Å². The second-order valence-corrected chi connectivity index (χ2v) is 7.70. The number of esters is 1. The number of halogens is 1. The van der Waals surface area contributed by atoms with E-state index in [0.29, 0.717) is 22.6 Å². The number of para-hydroxylation sites is 1. The van der Waals surface area contributed by atoms with Gasteiger partial charge in [0, 0.05) is 33.2 Å². The molecule has 1 aromatic heterocycles. The van der Waals surface area contributed by atoms with E-state index in [4.69, 9.17) is 9.47 Å². The summed E-state index contributed by atoms with van der Waals surface area (Å²) in [5, 5.41) is 1.00. The molecule has 0 bridgehead atoms. The summed E-state index contributed by atoms with van der Waals surface area (Å²) in [4.78, 5) is 28.2. The van der Waals surface area contributed by atoms with Crippen LogP contribution in [0.3, 0.4) is 0 Å². The Morgan fingerprint density at radius 2 is 1.83 bits per heavy atom. The standard InChI is InChI=1S/C24H14BrNO4/c25-16-7-5-14(6-8-16)24(28)29-17-9-10-19-21(12-17)30-22(23(19)27)11-15-13-26-20-4-2-1-3-18(15)20/h1-13,26H. The zero-order chi connectivity index (χ0) is 20.7. The molecule has 6 heteroatoms. The van der Waals surface area contributed by atoms with Crippen LogP contribution in [-0.4, -0.2) is 16.7 Å². The van der Waals surface area contributed by atoms with E-state index in [-0.39, 0.29) is 11.5 Å². The highest BCUT2D eigenvalue weighted by atomic mass is 79.9. The molecule has 0 fully saturated rings. The van der Waals surface area contributed by atoms with Crippen LogP contribution in [0.4, 0.5) is 0 Å². The maximum atomic E-state index is 12.7. The highest BCUT2D eigenvalue weighted by Gasteiger charge is 2.28. The van der Waals surface area contributed by atoms with E-state index >= 15 is 0 Å². The van der Waals surface area contributed by atoms with Crippen molar-refractivity contribution in [3.05, 3.63) is 99.8 Å². The predicted octanol–water partition coefficient (Wildman–Crippen LogP) is 5.77. The third-order valence-electron chi connectivity index (χ3n) is 4.84. The third kappa shape index (κ3) is 3.31. The molecular weight excluding hydrogens is 446 g/mol. The molecule has 1 N–H and O–H groups in total. The monoisotopic (exact) mass is 459 g/mol. The second-order valence-electron chi connectivity index (χ2n) is 6.78. The lowest BCUT2D eigenvalue weighted by molar-refractivity contribution is 0.0734. The Kier molecular flexibility index (Phi) is 4.48. The number of carbonyl (C=O) groups excluding carboxylic acids is 2. The summed E-state index contributed by atoms with van der Waals surface area (Å²) >= 11 is 3.33. The summed E-state index contributed by atoms with van der Waals surface area (Å²) in [7, 11) is 0. The molecule has 0 saturated heterocycles. The minimum Gasteiger partial charge on any atom is -0.452 e. The summed E-state index contributed by atoms with van der Waals surface area (Å²) < 4.78 is 12.1. The maximum Gasteiger partial charge on any atom is 0.343 e. The van der Waals surface area contributed by atoms with Crippen LogP contribution in [0.5, 0.6) is 11.5 Å². The minimum atomic E-state index is -0.485. The SMILES string of the molecule is O=C(Oc1ccc2c(c1)OC(=Cc1c[nH]c3ccccc13)C2=O)c1ccc(Br)cc1. The van der Waals surface area contributed by atoms with Crippen molar-refractivity contribution in [3.8, 4) is 11.5 Å². The lowest BCUT2D eigenvalue weighted by Crippen LogP contribution is -2.08. The molecule has 146 valence electrons. The molecule has 0 amide bonds. The summed E-state index contributed by atoms with van der Waals surface area (Å²) in [6.07, 6.45) is 3.55. The Balaban J connectivity index is 1.40. The first kappa shape index (κ1) is 18.4. The van der Waals surface area contributed by atoms with Crippen LogP contribution < -0.4 is 9.47 Å². The van der Waals surface area contributed by atoms with Crippen molar-refractivity contribution in [3.63, 3.8) is 0 Å². The van der Waals surface area contributed by atoms with Gasteiger partial charge in [0.25, 0.3) is 0 Å². The number of carbonyl (C=O) groups is 2. The number of aromatic nitrogens is 1. The molecule has 3 aromatic carbocycles. The number of ether oxygens (including phenoxy) is 2. The largest absolute Gasteiger partial charge is 0.452 e. The minimum absolute atomic E-state index is 0.207. The first-order valence-electron chi connectivity index (χ1n) is 9.21. The fraction of sp³-hybridized carbons (Fsp3) is 0. The van der Waals surface area contributed by atoms with Gasteiger partial charge in [-0.05, 0) is 48.5 Å². The Morgan fingerprint density at radius 1 is 1.03 bits per heavy atom. The van der Waals surface area contributed by atoms with E-state index in [2.05, 4.69) is 20.9 Å². The fourth-order valence-corrected chi connectivity index (χ4v) is 3.60. The second kappa shape index (κ2) is 7.31. The van der Waals surface area contributed by atoms with Gasteiger partial charge < -0.3 is 14.5 Å². The number of allylic oxidation sites excluding steroid dienone is 1. The lowest BCUT2D eigenvalue weighted by Gasteiger charge is -2.05. The number of Topliss-reactive ketones (excluding diaryl/α,β-unsaturated/α-hetero) is 1. The number of hydrogen-bond donors (Lipinski definition) is 1. The van der Waals surface area contributed by atoms with Crippen molar-refractivity contribution in [2.45, 2.75) is 0 Å². The van der Waals surface area contributed by atoms with Gasteiger partial charge in [0.15, 0.2) is 5.76 Å². The molecule has 0 aliphatic carbocycles. The molecule has 30 heavy (non-hydrogen) atoms. The molecule has 5 nitrogen and oxygen atoms in total. The molecule has 0 atom stereocenters. The molecule has 0 unspecified atom stereocenters. The number of rotatable bonds is 3. The zero-order valence-corrected chi connectivity index (χ0v) is 17.1. The van der Waals surface area contributed by atoms with Gasteiger partial charge in [-0.2, -0.15) is 0 Å². The Morgan fingerprint density at radius 3 is 2.67 bits per heavy atom. The molecule has 0 saturated carbocycles. The summed E-state index contributed by atoms with van der Waals surface area (Å²) in [5.41, 5.74) is 2.71. The number of H-pyrrole nitrogens is 1. The number of nitrogens with one attached hydrogen (secondary N) is 1. The number of fused-ring (bicyclic) bond motifs is 2. The molecule has 4 aromatic rings. The Bertz CT molecular complexity index is 1340. The van der Waals surface area contributed by atoms with Gasteiger partial charge >= 0.3 is 5.97 Å². The van der Waals surface area contributed by atoms with Crippen LogP contribution in [0.25, 0.3) is 17.0 Å². The first-order chi connectivity index (χ1) is 14.6. The average Bonchev–Trinajstić information content (AvgIpc) is 3.30. The van der Waals surface area contributed by atoms with E-state index in [1.54, 1.807) is 48.5 Å². The van der Waals surface area contributed by atoms with Crippen molar-refractivity contribution in [2.75, 3.05) is 0 Å². The Hall–Kier alpha value is -3.64. The first-order valence-corrected chi connectivity index (χ1v) is 10.00. The van der Waals surface area contributed by atoms with Gasteiger partial charge in [0.2, 0.25) is 5.78 Å². The van der Waals surface area contributed by atoms with Gasteiger partial charge in [0.1, 0.15) is 11.5 Å². The zero-order valence-electron chi connectivity index (χ0n) is 15.5. The predicted molar refractivity (Wildman–Crippen MR) is 117 cm³/mol. The van der Waals surface area contributed by atoms with Crippen molar-refractivity contribution < 1.29 is 19.1 Å².